The Bertz CT molecular complexity index is 617. The van der Waals surface area contributed by atoms with Crippen LogP contribution in [-0.4, -0.2) is 49.7 Å². The standard InChI is InChI=1S/C20H28N2O3/c23-20(15-7-8-18-19(13-15)25-12-4-11-24-18)21-14-16-5-3-10-22-9-2-1-6-17(16)22/h7-8,13,16-17H,1-6,9-12,14H2,(H,21,23)/t16-,17+/m1/s1. The number of hydrogen-bond donors (Lipinski definition) is 1. The highest BCUT2D eigenvalue weighted by molar-refractivity contribution is 5.94. The summed E-state index contributed by atoms with van der Waals surface area (Å²) in [4.78, 5) is 15.2. The molecule has 0 bridgehead atoms. The number of piperidine rings is 2. The number of carbonyl (C=O) groups excluding carboxylic acids is 1. The van der Waals surface area contributed by atoms with Crippen LogP contribution in [0.5, 0.6) is 11.5 Å². The molecular weight excluding hydrogens is 316 g/mol. The molecule has 5 heteroatoms. The van der Waals surface area contributed by atoms with Gasteiger partial charge in [-0.15, -0.1) is 0 Å². The zero-order valence-corrected chi connectivity index (χ0v) is 14.8. The minimum Gasteiger partial charge on any atom is -0.490 e. The number of hydrogen-bond acceptors (Lipinski definition) is 4. The minimum atomic E-state index is -0.0106. The van der Waals surface area contributed by atoms with Gasteiger partial charge in [-0.25, -0.2) is 0 Å². The van der Waals surface area contributed by atoms with Gasteiger partial charge in [0.2, 0.25) is 0 Å². The van der Waals surface area contributed by atoms with E-state index >= 15 is 0 Å². The fourth-order valence-electron chi connectivity index (χ4n) is 4.45. The first-order valence-electron chi connectivity index (χ1n) is 9.73. The quantitative estimate of drug-likeness (QED) is 0.916. The zero-order chi connectivity index (χ0) is 17.1. The molecule has 2 fully saturated rings. The van der Waals surface area contributed by atoms with Gasteiger partial charge in [-0.2, -0.15) is 0 Å². The molecule has 0 spiro atoms. The first-order valence-corrected chi connectivity index (χ1v) is 9.73. The van der Waals surface area contributed by atoms with E-state index in [2.05, 4.69) is 10.2 Å². The Hall–Kier alpha value is -1.75. The lowest BCUT2D eigenvalue weighted by molar-refractivity contribution is 0.0575. The molecule has 2 atom stereocenters. The average Bonchev–Trinajstić information content (AvgIpc) is 2.90. The van der Waals surface area contributed by atoms with Crippen molar-refractivity contribution in [3.05, 3.63) is 23.8 Å². The maximum absolute atomic E-state index is 12.6. The Morgan fingerprint density at radius 1 is 1.04 bits per heavy atom. The molecule has 25 heavy (non-hydrogen) atoms. The van der Waals surface area contributed by atoms with E-state index in [1.54, 1.807) is 0 Å². The van der Waals surface area contributed by atoms with Crippen LogP contribution in [0, 0.1) is 5.92 Å². The highest BCUT2D eigenvalue weighted by Crippen LogP contribution is 2.32. The molecule has 0 aromatic heterocycles. The van der Waals surface area contributed by atoms with Crippen molar-refractivity contribution in [2.24, 2.45) is 5.92 Å². The van der Waals surface area contributed by atoms with Crippen molar-refractivity contribution in [3.8, 4) is 11.5 Å². The van der Waals surface area contributed by atoms with Crippen LogP contribution in [0.2, 0.25) is 0 Å². The summed E-state index contributed by atoms with van der Waals surface area (Å²) in [6.07, 6.45) is 7.28. The fraction of sp³-hybridized carbons (Fsp3) is 0.650. The second-order valence-electron chi connectivity index (χ2n) is 7.42. The van der Waals surface area contributed by atoms with Crippen LogP contribution in [0.1, 0.15) is 48.9 Å². The number of ether oxygens (including phenoxy) is 2. The summed E-state index contributed by atoms with van der Waals surface area (Å²) in [6.45, 7) is 4.54. The predicted octanol–water partition coefficient (Wildman–Crippen LogP) is 2.84. The van der Waals surface area contributed by atoms with E-state index in [4.69, 9.17) is 9.47 Å². The van der Waals surface area contributed by atoms with Crippen LogP contribution < -0.4 is 14.8 Å². The van der Waals surface area contributed by atoms with Gasteiger partial charge in [0.15, 0.2) is 11.5 Å². The van der Waals surface area contributed by atoms with E-state index in [1.165, 1.54) is 45.2 Å². The monoisotopic (exact) mass is 344 g/mol. The highest BCUT2D eigenvalue weighted by Gasteiger charge is 2.33. The molecule has 1 aromatic rings. The molecule has 0 unspecified atom stereocenters. The number of nitrogens with zero attached hydrogens (tertiary/aromatic N) is 1. The van der Waals surface area contributed by atoms with E-state index in [-0.39, 0.29) is 5.91 Å². The smallest absolute Gasteiger partial charge is 0.251 e. The molecule has 4 rings (SSSR count). The number of rotatable bonds is 3. The third-order valence-corrected chi connectivity index (χ3v) is 5.76. The molecule has 2 saturated heterocycles. The summed E-state index contributed by atoms with van der Waals surface area (Å²) in [6, 6.07) is 6.14. The van der Waals surface area contributed by atoms with E-state index < -0.39 is 0 Å². The van der Waals surface area contributed by atoms with Crippen molar-refractivity contribution in [3.63, 3.8) is 0 Å². The first-order chi connectivity index (χ1) is 12.3. The second-order valence-corrected chi connectivity index (χ2v) is 7.42. The lowest BCUT2D eigenvalue weighted by Gasteiger charge is -2.44. The van der Waals surface area contributed by atoms with Crippen molar-refractivity contribution in [1.82, 2.24) is 10.2 Å². The van der Waals surface area contributed by atoms with Crippen molar-refractivity contribution in [2.75, 3.05) is 32.8 Å². The topological polar surface area (TPSA) is 50.8 Å². The van der Waals surface area contributed by atoms with Gasteiger partial charge >= 0.3 is 0 Å². The molecule has 1 amide bonds. The van der Waals surface area contributed by atoms with Crippen LogP contribution in [-0.2, 0) is 0 Å². The van der Waals surface area contributed by atoms with Crippen molar-refractivity contribution < 1.29 is 14.3 Å². The van der Waals surface area contributed by atoms with Crippen LogP contribution >= 0.6 is 0 Å². The van der Waals surface area contributed by atoms with Crippen LogP contribution in [0.4, 0.5) is 0 Å². The molecule has 0 radical (unpaired) electrons. The molecule has 3 aliphatic rings. The molecule has 3 heterocycles. The number of benzene rings is 1. The number of carbonyl (C=O) groups is 1. The molecule has 0 aliphatic carbocycles. The maximum atomic E-state index is 12.6. The van der Waals surface area contributed by atoms with Gasteiger partial charge in [0.05, 0.1) is 13.2 Å². The van der Waals surface area contributed by atoms with Gasteiger partial charge in [0, 0.05) is 24.6 Å². The Balaban J connectivity index is 1.38. The number of fused-ring (bicyclic) bond motifs is 2. The van der Waals surface area contributed by atoms with Gasteiger partial charge < -0.3 is 19.7 Å². The SMILES string of the molecule is O=C(NC[C@H]1CCCN2CCCC[C@@H]12)c1ccc2c(c1)OCCCO2. The minimum absolute atomic E-state index is 0.0106. The molecular formula is C20H28N2O3. The second kappa shape index (κ2) is 7.65. The van der Waals surface area contributed by atoms with E-state index in [0.717, 1.165) is 18.7 Å². The normalized spacial score (nSPS) is 26.4. The Morgan fingerprint density at radius 2 is 1.88 bits per heavy atom. The zero-order valence-electron chi connectivity index (χ0n) is 14.8. The molecule has 3 aliphatic heterocycles. The Morgan fingerprint density at radius 3 is 2.80 bits per heavy atom. The Kier molecular flexibility index (Phi) is 5.11. The van der Waals surface area contributed by atoms with Crippen LogP contribution in [0.3, 0.4) is 0 Å². The van der Waals surface area contributed by atoms with Gasteiger partial charge in [-0.3, -0.25) is 4.79 Å². The molecule has 0 saturated carbocycles. The van der Waals surface area contributed by atoms with Gasteiger partial charge in [0.1, 0.15) is 0 Å². The van der Waals surface area contributed by atoms with E-state index in [1.807, 2.05) is 18.2 Å². The molecule has 136 valence electrons. The average molecular weight is 344 g/mol. The summed E-state index contributed by atoms with van der Waals surface area (Å²) in [5, 5.41) is 3.16. The number of amides is 1. The van der Waals surface area contributed by atoms with Crippen molar-refractivity contribution >= 4 is 5.91 Å². The summed E-state index contributed by atoms with van der Waals surface area (Å²) in [5.74, 6) is 1.99. The van der Waals surface area contributed by atoms with Crippen LogP contribution in [0.25, 0.3) is 0 Å². The van der Waals surface area contributed by atoms with Gasteiger partial charge in [0.25, 0.3) is 5.91 Å². The molecule has 5 nitrogen and oxygen atoms in total. The summed E-state index contributed by atoms with van der Waals surface area (Å²) >= 11 is 0. The summed E-state index contributed by atoms with van der Waals surface area (Å²) in [7, 11) is 0. The predicted molar refractivity (Wildman–Crippen MR) is 96.3 cm³/mol. The van der Waals surface area contributed by atoms with E-state index in [0.29, 0.717) is 36.5 Å². The van der Waals surface area contributed by atoms with Crippen LogP contribution in [0.15, 0.2) is 18.2 Å². The lowest BCUT2D eigenvalue weighted by atomic mass is 9.83. The molecule has 1 N–H and O–H groups in total. The fourth-order valence-corrected chi connectivity index (χ4v) is 4.45. The maximum Gasteiger partial charge on any atom is 0.251 e. The lowest BCUT2D eigenvalue weighted by Crippen LogP contribution is -2.51. The highest BCUT2D eigenvalue weighted by atomic mass is 16.5. The number of nitrogens with one attached hydrogen (secondary N) is 1. The van der Waals surface area contributed by atoms with Crippen molar-refractivity contribution in [1.29, 1.82) is 0 Å². The summed E-state index contributed by atoms with van der Waals surface area (Å²) in [5.41, 5.74) is 0.653. The first kappa shape index (κ1) is 16.7. The Labute approximate surface area is 149 Å². The van der Waals surface area contributed by atoms with E-state index in [9.17, 15) is 4.79 Å². The third-order valence-electron chi connectivity index (χ3n) is 5.76. The molecule has 1 aromatic carbocycles. The third kappa shape index (κ3) is 3.76. The van der Waals surface area contributed by atoms with Crippen molar-refractivity contribution in [2.45, 2.75) is 44.6 Å². The van der Waals surface area contributed by atoms with Gasteiger partial charge in [-0.05, 0) is 62.9 Å². The summed E-state index contributed by atoms with van der Waals surface area (Å²) < 4.78 is 11.3. The van der Waals surface area contributed by atoms with Gasteiger partial charge in [-0.1, -0.05) is 6.42 Å². The largest absolute Gasteiger partial charge is 0.490 e.